The summed E-state index contributed by atoms with van der Waals surface area (Å²) in [4.78, 5) is 0. The third-order valence-corrected chi connectivity index (χ3v) is 4.32. The summed E-state index contributed by atoms with van der Waals surface area (Å²) in [5, 5.41) is 0. The number of nitrogens with two attached hydrogens (primary N) is 1. The van der Waals surface area contributed by atoms with E-state index in [1.165, 1.54) is 0 Å². The fourth-order valence-electron chi connectivity index (χ4n) is 1.59. The molecule has 1 rings (SSSR count). The van der Waals surface area contributed by atoms with Gasteiger partial charge in [-0.1, -0.05) is 6.92 Å². The fourth-order valence-corrected chi connectivity index (χ4v) is 3.49. The van der Waals surface area contributed by atoms with Gasteiger partial charge >= 0.3 is 0 Å². The van der Waals surface area contributed by atoms with Gasteiger partial charge in [-0.3, -0.25) is 0 Å². The van der Waals surface area contributed by atoms with Gasteiger partial charge in [-0.2, -0.15) is 0 Å². The predicted octanol–water partition coefficient (Wildman–Crippen LogP) is 0.0159. The van der Waals surface area contributed by atoms with E-state index in [4.69, 9.17) is 5.73 Å². The maximum absolute atomic E-state index is 11.1. The van der Waals surface area contributed by atoms with Crippen molar-refractivity contribution in [1.82, 2.24) is 0 Å². The van der Waals surface area contributed by atoms with Crippen LogP contribution in [0.25, 0.3) is 0 Å². The summed E-state index contributed by atoms with van der Waals surface area (Å²) in [5.41, 5.74) is 5.49. The van der Waals surface area contributed by atoms with E-state index in [1.807, 2.05) is 6.92 Å². The minimum Gasteiger partial charge on any atom is -0.330 e. The molecular weight excluding hydrogens is 162 g/mol. The highest BCUT2D eigenvalue weighted by molar-refractivity contribution is 7.91. The van der Waals surface area contributed by atoms with E-state index in [9.17, 15) is 8.42 Å². The van der Waals surface area contributed by atoms with Crippen LogP contribution in [0.1, 0.15) is 13.3 Å². The maximum Gasteiger partial charge on any atom is 0.150 e. The summed E-state index contributed by atoms with van der Waals surface area (Å²) in [6.45, 7) is 2.59. The molecule has 0 amide bonds. The minimum absolute atomic E-state index is 0.249. The first-order chi connectivity index (χ1) is 5.05. The van der Waals surface area contributed by atoms with Gasteiger partial charge in [0, 0.05) is 0 Å². The van der Waals surface area contributed by atoms with E-state index >= 15 is 0 Å². The summed E-state index contributed by atoms with van der Waals surface area (Å²) in [6.07, 6.45) is 0.750. The highest BCUT2D eigenvalue weighted by Crippen LogP contribution is 2.23. The normalized spacial score (nSPS) is 36.9. The third kappa shape index (κ3) is 2.17. The lowest BCUT2D eigenvalue weighted by Gasteiger charge is -2.27. The molecule has 0 aliphatic carbocycles. The molecule has 11 heavy (non-hydrogen) atoms. The Labute approximate surface area is 67.9 Å². The Balaban J connectivity index is 2.62. The van der Waals surface area contributed by atoms with E-state index in [2.05, 4.69) is 0 Å². The van der Waals surface area contributed by atoms with Crippen LogP contribution in [-0.2, 0) is 9.84 Å². The lowest BCUT2D eigenvalue weighted by molar-refractivity contribution is 0.366. The Hall–Kier alpha value is -0.0900. The number of sulfone groups is 1. The maximum atomic E-state index is 11.1. The van der Waals surface area contributed by atoms with Crippen LogP contribution in [-0.4, -0.2) is 26.5 Å². The molecule has 0 bridgehead atoms. The van der Waals surface area contributed by atoms with Gasteiger partial charge in [0.05, 0.1) is 11.5 Å². The Bertz CT molecular complexity index is 223. The number of rotatable bonds is 1. The zero-order chi connectivity index (χ0) is 8.48. The van der Waals surface area contributed by atoms with E-state index in [0.717, 1.165) is 6.42 Å². The molecule has 2 unspecified atom stereocenters. The van der Waals surface area contributed by atoms with E-state index in [-0.39, 0.29) is 5.92 Å². The predicted molar refractivity (Wildman–Crippen MR) is 45.0 cm³/mol. The molecule has 1 fully saturated rings. The topological polar surface area (TPSA) is 60.2 Å². The monoisotopic (exact) mass is 177 g/mol. The molecule has 4 heteroatoms. The molecule has 1 aliphatic heterocycles. The number of hydrogen-bond donors (Lipinski definition) is 1. The van der Waals surface area contributed by atoms with Crippen molar-refractivity contribution < 1.29 is 8.42 Å². The molecule has 66 valence electrons. The van der Waals surface area contributed by atoms with Crippen LogP contribution in [0, 0.1) is 11.8 Å². The molecule has 3 nitrogen and oxygen atoms in total. The van der Waals surface area contributed by atoms with Crippen LogP contribution in [0.3, 0.4) is 0 Å². The van der Waals surface area contributed by atoms with Crippen molar-refractivity contribution in [3.05, 3.63) is 0 Å². The highest BCUT2D eigenvalue weighted by atomic mass is 32.2. The van der Waals surface area contributed by atoms with Crippen LogP contribution < -0.4 is 5.73 Å². The van der Waals surface area contributed by atoms with Gasteiger partial charge in [-0.05, 0) is 24.8 Å². The average molecular weight is 177 g/mol. The molecule has 0 radical (unpaired) electrons. The van der Waals surface area contributed by atoms with E-state index in [1.54, 1.807) is 0 Å². The fraction of sp³-hybridized carbons (Fsp3) is 1.00. The smallest absolute Gasteiger partial charge is 0.150 e. The Kier molecular flexibility index (Phi) is 2.54. The third-order valence-electron chi connectivity index (χ3n) is 2.42. The molecular formula is C7H15NO2S. The molecule has 1 saturated heterocycles. The van der Waals surface area contributed by atoms with Crippen LogP contribution in [0.15, 0.2) is 0 Å². The number of hydrogen-bond acceptors (Lipinski definition) is 3. The second-order valence-corrected chi connectivity index (χ2v) is 5.60. The molecule has 0 aromatic carbocycles. The lowest BCUT2D eigenvalue weighted by atomic mass is 9.93. The summed E-state index contributed by atoms with van der Waals surface area (Å²) in [5.74, 6) is 1.32. The van der Waals surface area contributed by atoms with Crippen LogP contribution in [0.2, 0.25) is 0 Å². The van der Waals surface area contributed by atoms with Crippen molar-refractivity contribution in [2.45, 2.75) is 13.3 Å². The van der Waals surface area contributed by atoms with E-state index < -0.39 is 9.84 Å². The van der Waals surface area contributed by atoms with Crippen molar-refractivity contribution in [2.75, 3.05) is 18.1 Å². The minimum atomic E-state index is -2.73. The van der Waals surface area contributed by atoms with Gasteiger partial charge in [0.2, 0.25) is 0 Å². The van der Waals surface area contributed by atoms with Gasteiger partial charge < -0.3 is 5.73 Å². The van der Waals surface area contributed by atoms with Crippen LogP contribution in [0.5, 0.6) is 0 Å². The Morgan fingerprint density at radius 1 is 1.55 bits per heavy atom. The first kappa shape index (κ1) is 9.00. The summed E-state index contributed by atoms with van der Waals surface area (Å²) in [7, 11) is -2.73. The van der Waals surface area contributed by atoms with Crippen LogP contribution in [0.4, 0.5) is 0 Å². The van der Waals surface area contributed by atoms with Gasteiger partial charge in [0.1, 0.15) is 0 Å². The first-order valence-electron chi connectivity index (χ1n) is 3.95. The molecule has 2 atom stereocenters. The first-order valence-corrected chi connectivity index (χ1v) is 5.78. The van der Waals surface area contributed by atoms with Crippen molar-refractivity contribution in [2.24, 2.45) is 17.6 Å². The van der Waals surface area contributed by atoms with Crippen LogP contribution >= 0.6 is 0 Å². The highest BCUT2D eigenvalue weighted by Gasteiger charge is 2.28. The summed E-state index contributed by atoms with van der Waals surface area (Å²) >= 11 is 0. The molecule has 0 saturated carbocycles. The SMILES string of the molecule is CC1CS(=O)(=O)CCC1CN. The van der Waals surface area contributed by atoms with Crippen molar-refractivity contribution in [3.63, 3.8) is 0 Å². The van der Waals surface area contributed by atoms with Crippen molar-refractivity contribution in [3.8, 4) is 0 Å². The molecule has 1 aliphatic rings. The summed E-state index contributed by atoms with van der Waals surface area (Å²) in [6, 6.07) is 0. The second kappa shape index (κ2) is 3.11. The molecule has 0 spiro atoms. The molecule has 1 heterocycles. The van der Waals surface area contributed by atoms with Crippen molar-refractivity contribution in [1.29, 1.82) is 0 Å². The van der Waals surface area contributed by atoms with Gasteiger partial charge in [0.25, 0.3) is 0 Å². The Morgan fingerprint density at radius 3 is 2.64 bits per heavy atom. The molecule has 0 aromatic heterocycles. The van der Waals surface area contributed by atoms with Gasteiger partial charge in [-0.25, -0.2) is 8.42 Å². The zero-order valence-electron chi connectivity index (χ0n) is 6.79. The Morgan fingerprint density at radius 2 is 2.18 bits per heavy atom. The summed E-state index contributed by atoms with van der Waals surface area (Å²) < 4.78 is 22.2. The molecule has 0 aromatic rings. The van der Waals surface area contributed by atoms with Gasteiger partial charge in [-0.15, -0.1) is 0 Å². The quantitative estimate of drug-likeness (QED) is 0.614. The molecule has 2 N–H and O–H groups in total. The largest absolute Gasteiger partial charge is 0.330 e. The van der Waals surface area contributed by atoms with Gasteiger partial charge in [0.15, 0.2) is 9.84 Å². The van der Waals surface area contributed by atoms with Crippen molar-refractivity contribution >= 4 is 9.84 Å². The second-order valence-electron chi connectivity index (χ2n) is 3.38. The standard InChI is InChI=1S/C7H15NO2S/c1-6-5-11(9,10)3-2-7(6)4-8/h6-7H,2-5,8H2,1H3. The zero-order valence-corrected chi connectivity index (χ0v) is 7.60. The average Bonchev–Trinajstić information content (AvgIpc) is 1.86. The lowest BCUT2D eigenvalue weighted by Crippen LogP contribution is -2.34. The van der Waals surface area contributed by atoms with E-state index in [0.29, 0.717) is 24.0 Å².